The number of carbonyl (C=O) groups excluding carboxylic acids is 1. The maximum atomic E-state index is 11.5. The van der Waals surface area contributed by atoms with Crippen LogP contribution in [0.4, 0.5) is 5.69 Å². The van der Waals surface area contributed by atoms with Gasteiger partial charge in [0.25, 0.3) is 0 Å². The summed E-state index contributed by atoms with van der Waals surface area (Å²) in [6.45, 7) is 2.92. The van der Waals surface area contributed by atoms with Gasteiger partial charge in [-0.05, 0) is 19.1 Å². The van der Waals surface area contributed by atoms with Crippen molar-refractivity contribution in [1.29, 1.82) is 0 Å². The van der Waals surface area contributed by atoms with Gasteiger partial charge in [0.15, 0.2) is 0 Å². The number of aliphatic carboxylic acids is 1. The molecule has 1 aromatic carbocycles. The zero-order valence-electron chi connectivity index (χ0n) is 9.18. The molecule has 1 N–H and O–H groups in total. The van der Waals surface area contributed by atoms with E-state index in [0.29, 0.717) is 5.69 Å². The number of benzene rings is 1. The highest BCUT2D eigenvalue weighted by molar-refractivity contribution is 6.05. The van der Waals surface area contributed by atoms with E-state index in [1.165, 1.54) is 17.9 Å². The summed E-state index contributed by atoms with van der Waals surface area (Å²) in [4.78, 5) is 23.6. The van der Waals surface area contributed by atoms with E-state index < -0.39 is 5.97 Å². The molecular weight excluding hydrogens is 206 g/mol. The normalized spacial score (nSPS) is 11.0. The van der Waals surface area contributed by atoms with E-state index in [1.54, 1.807) is 37.3 Å². The van der Waals surface area contributed by atoms with Crippen LogP contribution in [0.15, 0.2) is 42.1 Å². The average Bonchev–Trinajstić information content (AvgIpc) is 2.25. The van der Waals surface area contributed by atoms with E-state index in [2.05, 4.69) is 0 Å². The van der Waals surface area contributed by atoms with Crippen molar-refractivity contribution in [3.8, 4) is 0 Å². The van der Waals surface area contributed by atoms with Crippen molar-refractivity contribution in [3.05, 3.63) is 42.1 Å². The zero-order chi connectivity index (χ0) is 12.1. The van der Waals surface area contributed by atoms with Crippen LogP contribution in [0.2, 0.25) is 0 Å². The second-order valence-corrected chi connectivity index (χ2v) is 3.17. The maximum absolute atomic E-state index is 11.5. The summed E-state index contributed by atoms with van der Waals surface area (Å²) in [7, 11) is 0. The van der Waals surface area contributed by atoms with Crippen molar-refractivity contribution in [1.82, 2.24) is 0 Å². The number of carboxylic acid groups (broad SMARTS) is 1. The highest BCUT2D eigenvalue weighted by Gasteiger charge is 2.20. The average molecular weight is 219 g/mol. The van der Waals surface area contributed by atoms with Crippen LogP contribution in [-0.4, -0.2) is 17.0 Å². The number of carboxylic acids is 1. The summed E-state index contributed by atoms with van der Waals surface area (Å²) >= 11 is 0. The molecule has 0 heterocycles. The number of nitrogens with zero attached hydrogens (tertiary/aromatic N) is 1. The Morgan fingerprint density at radius 2 is 1.81 bits per heavy atom. The Labute approximate surface area is 93.8 Å². The standard InChI is InChI=1S/C12H13NO3/c1-3-11(12(15)16)13(9(2)14)10-7-5-4-6-8-10/h3-8H,1-2H3,(H,15,16). The molecule has 0 atom stereocenters. The van der Waals surface area contributed by atoms with Gasteiger partial charge in [0, 0.05) is 12.6 Å². The number of carbonyl (C=O) groups is 2. The minimum atomic E-state index is -1.12. The highest BCUT2D eigenvalue weighted by atomic mass is 16.4. The van der Waals surface area contributed by atoms with Crippen LogP contribution >= 0.6 is 0 Å². The molecule has 4 nitrogen and oxygen atoms in total. The van der Waals surface area contributed by atoms with E-state index >= 15 is 0 Å². The van der Waals surface area contributed by atoms with E-state index in [1.807, 2.05) is 0 Å². The molecule has 84 valence electrons. The fraction of sp³-hybridized carbons (Fsp3) is 0.167. The van der Waals surface area contributed by atoms with Gasteiger partial charge in [0.1, 0.15) is 5.70 Å². The second-order valence-electron chi connectivity index (χ2n) is 3.17. The summed E-state index contributed by atoms with van der Waals surface area (Å²) in [5, 5.41) is 8.99. The summed E-state index contributed by atoms with van der Waals surface area (Å²) in [6, 6.07) is 8.68. The lowest BCUT2D eigenvalue weighted by atomic mass is 10.2. The molecule has 0 bridgehead atoms. The molecule has 0 aliphatic carbocycles. The van der Waals surface area contributed by atoms with Gasteiger partial charge in [-0.1, -0.05) is 24.3 Å². The molecule has 0 fully saturated rings. The first kappa shape index (κ1) is 12.0. The minimum absolute atomic E-state index is 0.0429. The Morgan fingerprint density at radius 1 is 1.25 bits per heavy atom. The molecule has 0 aliphatic rings. The molecule has 1 aromatic rings. The second kappa shape index (κ2) is 5.11. The lowest BCUT2D eigenvalue weighted by molar-refractivity contribution is -0.133. The molecule has 0 spiro atoms. The Kier molecular flexibility index (Phi) is 3.83. The predicted octanol–water partition coefficient (Wildman–Crippen LogP) is 2.03. The van der Waals surface area contributed by atoms with E-state index in [9.17, 15) is 9.59 Å². The quantitative estimate of drug-likeness (QED) is 0.791. The van der Waals surface area contributed by atoms with Crippen molar-refractivity contribution in [2.24, 2.45) is 0 Å². The van der Waals surface area contributed by atoms with Gasteiger partial charge in [-0.25, -0.2) is 4.79 Å². The summed E-state index contributed by atoms with van der Waals surface area (Å²) in [6.07, 6.45) is 1.40. The molecule has 1 amide bonds. The molecule has 0 radical (unpaired) electrons. The third-order valence-corrected chi connectivity index (χ3v) is 2.06. The topological polar surface area (TPSA) is 57.6 Å². The van der Waals surface area contributed by atoms with E-state index in [-0.39, 0.29) is 11.6 Å². The maximum Gasteiger partial charge on any atom is 0.352 e. The van der Waals surface area contributed by atoms with Crippen LogP contribution in [0, 0.1) is 0 Å². The van der Waals surface area contributed by atoms with Crippen LogP contribution in [-0.2, 0) is 9.59 Å². The van der Waals surface area contributed by atoms with Crippen LogP contribution in [0.3, 0.4) is 0 Å². The first-order chi connectivity index (χ1) is 7.57. The molecule has 0 saturated heterocycles. The summed E-state index contributed by atoms with van der Waals surface area (Å²) in [5.74, 6) is -1.46. The first-order valence-electron chi connectivity index (χ1n) is 4.83. The molecule has 0 unspecified atom stereocenters. The smallest absolute Gasteiger partial charge is 0.352 e. The van der Waals surface area contributed by atoms with Gasteiger partial charge in [-0.2, -0.15) is 0 Å². The molecule has 0 saturated carbocycles. The number of rotatable bonds is 3. The minimum Gasteiger partial charge on any atom is -0.477 e. The molecule has 4 heteroatoms. The third-order valence-electron chi connectivity index (χ3n) is 2.06. The zero-order valence-corrected chi connectivity index (χ0v) is 9.18. The Hall–Kier alpha value is -2.10. The number of anilines is 1. The van der Waals surface area contributed by atoms with Crippen LogP contribution in [0.5, 0.6) is 0 Å². The summed E-state index contributed by atoms with van der Waals surface area (Å²) < 4.78 is 0. The highest BCUT2D eigenvalue weighted by Crippen LogP contribution is 2.19. The van der Waals surface area contributed by atoms with Gasteiger partial charge in [-0.3, -0.25) is 9.69 Å². The van der Waals surface area contributed by atoms with Crippen molar-refractivity contribution < 1.29 is 14.7 Å². The largest absolute Gasteiger partial charge is 0.477 e. The molecule has 16 heavy (non-hydrogen) atoms. The Morgan fingerprint density at radius 3 is 2.19 bits per heavy atom. The van der Waals surface area contributed by atoms with Gasteiger partial charge < -0.3 is 5.11 Å². The SMILES string of the molecule is CC=C(C(=O)O)N(C(C)=O)c1ccccc1. The van der Waals surface area contributed by atoms with Crippen LogP contribution in [0.25, 0.3) is 0 Å². The van der Waals surface area contributed by atoms with Crippen molar-refractivity contribution in [3.63, 3.8) is 0 Å². The predicted molar refractivity (Wildman–Crippen MR) is 61.0 cm³/mol. The first-order valence-corrected chi connectivity index (χ1v) is 4.83. The van der Waals surface area contributed by atoms with Crippen molar-refractivity contribution in [2.45, 2.75) is 13.8 Å². The molecule has 0 aromatic heterocycles. The lowest BCUT2D eigenvalue weighted by Gasteiger charge is -2.21. The molecule has 0 aliphatic heterocycles. The van der Waals surface area contributed by atoms with Gasteiger partial charge in [-0.15, -0.1) is 0 Å². The number of amides is 1. The number of hydrogen-bond acceptors (Lipinski definition) is 2. The van der Waals surface area contributed by atoms with E-state index in [0.717, 1.165) is 0 Å². The fourth-order valence-electron chi connectivity index (χ4n) is 1.42. The lowest BCUT2D eigenvalue weighted by Crippen LogP contribution is -2.31. The van der Waals surface area contributed by atoms with Gasteiger partial charge in [0.05, 0.1) is 0 Å². The fourth-order valence-corrected chi connectivity index (χ4v) is 1.42. The molecular formula is C12H13NO3. The van der Waals surface area contributed by atoms with Gasteiger partial charge in [0.2, 0.25) is 5.91 Å². The Bertz CT molecular complexity index is 423. The van der Waals surface area contributed by atoms with E-state index in [4.69, 9.17) is 5.11 Å². The number of allylic oxidation sites excluding steroid dienone is 1. The Balaban J connectivity index is 3.20. The monoisotopic (exact) mass is 219 g/mol. The van der Waals surface area contributed by atoms with Crippen LogP contribution < -0.4 is 4.90 Å². The van der Waals surface area contributed by atoms with Crippen molar-refractivity contribution >= 4 is 17.6 Å². The number of hydrogen-bond donors (Lipinski definition) is 1. The van der Waals surface area contributed by atoms with Gasteiger partial charge >= 0.3 is 5.97 Å². The molecule has 1 rings (SSSR count). The summed E-state index contributed by atoms with van der Waals surface area (Å²) in [5.41, 5.74) is 0.504. The number of para-hydroxylation sites is 1. The van der Waals surface area contributed by atoms with Crippen LogP contribution in [0.1, 0.15) is 13.8 Å². The van der Waals surface area contributed by atoms with Crippen molar-refractivity contribution in [2.75, 3.05) is 4.90 Å². The third kappa shape index (κ3) is 2.48.